The molecule has 12 nitrogen and oxygen atoms in total. The van der Waals surface area contributed by atoms with Crippen LogP contribution < -0.4 is 18.9 Å². The van der Waals surface area contributed by atoms with Crippen molar-refractivity contribution >= 4 is 36.0 Å². The number of aliphatic carboxylic acids is 2. The predicted molar refractivity (Wildman–Crippen MR) is 220 cm³/mol. The first-order chi connectivity index (χ1) is 27.6. The zero-order valence-electron chi connectivity index (χ0n) is 34.4. The molecule has 0 unspecified atom stereocenters. The molecule has 0 radical (unpaired) electrons. The molecule has 2 aromatic carbocycles. The summed E-state index contributed by atoms with van der Waals surface area (Å²) in [6, 6.07) is 10.9. The number of rotatable bonds is 32. The smallest absolute Gasteiger partial charge is 0.330 e. The highest BCUT2D eigenvalue weighted by Crippen LogP contribution is 2.33. The summed E-state index contributed by atoms with van der Waals surface area (Å²) in [4.78, 5) is 48.8. The van der Waals surface area contributed by atoms with Gasteiger partial charge in [0.15, 0.2) is 28.4 Å². The Morgan fingerprint density at radius 3 is 1.28 bits per heavy atom. The van der Waals surface area contributed by atoms with Crippen LogP contribution >= 0.6 is 0 Å². The van der Waals surface area contributed by atoms with Gasteiger partial charge < -0.3 is 38.6 Å². The van der Waals surface area contributed by atoms with Gasteiger partial charge in [-0.15, -0.1) is 0 Å². The van der Waals surface area contributed by atoms with E-state index >= 15 is 0 Å². The minimum absolute atomic E-state index is 0.0107. The van der Waals surface area contributed by atoms with Crippen LogP contribution in [0.3, 0.4) is 0 Å². The summed E-state index contributed by atoms with van der Waals surface area (Å²) in [5.74, 6) is -1.17. The number of ether oxygens (including phenoxy) is 6. The number of carbonyl (C=O) groups is 4. The highest BCUT2D eigenvalue weighted by Gasteiger charge is 2.45. The summed E-state index contributed by atoms with van der Waals surface area (Å²) in [5, 5.41) is 19.8. The summed E-state index contributed by atoms with van der Waals surface area (Å²) in [6.45, 7) is 5.88. The van der Waals surface area contributed by atoms with Crippen LogP contribution in [0.15, 0.2) is 48.6 Å². The molecule has 12 heteroatoms. The lowest BCUT2D eigenvalue weighted by Crippen LogP contribution is -2.39. The number of hydrogen-bond acceptors (Lipinski definition) is 10. The molecule has 0 fully saturated rings. The van der Waals surface area contributed by atoms with Crippen LogP contribution in [0, 0.1) is 5.41 Å². The second-order valence-electron chi connectivity index (χ2n) is 14.0. The van der Waals surface area contributed by atoms with Crippen LogP contribution in [-0.2, 0) is 28.7 Å². The molecule has 2 rings (SSSR count). The molecule has 0 amide bonds. The average molecular weight is 797 g/mol. The molecule has 2 aromatic rings. The number of esters is 2. The molecular formula is C45H64O12. The molecule has 0 spiro atoms. The monoisotopic (exact) mass is 796 g/mol. The van der Waals surface area contributed by atoms with Gasteiger partial charge in [0.2, 0.25) is 0 Å². The molecule has 0 atom stereocenters. The zero-order valence-corrected chi connectivity index (χ0v) is 34.4. The Balaban J connectivity index is 1.66. The number of hydrogen-bond donors (Lipinski definition) is 2. The molecule has 0 bridgehead atoms. The van der Waals surface area contributed by atoms with Crippen LogP contribution in [0.2, 0.25) is 0 Å². The van der Waals surface area contributed by atoms with Crippen molar-refractivity contribution in [1.82, 2.24) is 0 Å². The lowest BCUT2D eigenvalue weighted by atomic mass is 9.78. The third kappa shape index (κ3) is 18.7. The first-order valence-corrected chi connectivity index (χ1v) is 20.4. The Morgan fingerprint density at radius 2 is 0.912 bits per heavy atom. The van der Waals surface area contributed by atoms with Crippen molar-refractivity contribution in [3.05, 3.63) is 59.7 Å². The maximum absolute atomic E-state index is 12.2. The number of methoxy groups -OCH3 is 2. The van der Waals surface area contributed by atoms with E-state index in [0.717, 1.165) is 49.7 Å². The molecule has 0 saturated carbocycles. The largest absolute Gasteiger partial charge is 0.493 e. The minimum Gasteiger partial charge on any atom is -0.493 e. The fourth-order valence-electron chi connectivity index (χ4n) is 6.06. The first kappa shape index (κ1) is 48.1. The second-order valence-corrected chi connectivity index (χ2v) is 14.0. The summed E-state index contributed by atoms with van der Waals surface area (Å²) in [6.07, 6.45) is 16.8. The van der Waals surface area contributed by atoms with Crippen LogP contribution in [0.1, 0.15) is 128 Å². The van der Waals surface area contributed by atoms with E-state index in [-0.39, 0.29) is 26.1 Å². The van der Waals surface area contributed by atoms with E-state index in [1.54, 1.807) is 38.5 Å². The van der Waals surface area contributed by atoms with Crippen molar-refractivity contribution in [1.29, 1.82) is 0 Å². The Kier molecular flexibility index (Phi) is 24.0. The summed E-state index contributed by atoms with van der Waals surface area (Å²) in [7, 11) is 3.13. The minimum atomic E-state index is -1.86. The highest BCUT2D eigenvalue weighted by atomic mass is 16.5. The van der Waals surface area contributed by atoms with Gasteiger partial charge in [0, 0.05) is 12.2 Å². The van der Waals surface area contributed by atoms with Crippen LogP contribution in [0.5, 0.6) is 23.0 Å². The van der Waals surface area contributed by atoms with Crippen LogP contribution in [0.25, 0.3) is 12.2 Å². The van der Waals surface area contributed by atoms with E-state index in [1.807, 2.05) is 24.3 Å². The van der Waals surface area contributed by atoms with Gasteiger partial charge in [-0.25, -0.2) is 9.59 Å². The molecule has 57 heavy (non-hydrogen) atoms. The molecule has 0 heterocycles. The molecule has 316 valence electrons. The average Bonchev–Trinajstić information content (AvgIpc) is 3.21. The summed E-state index contributed by atoms with van der Waals surface area (Å²) >= 11 is 0. The van der Waals surface area contributed by atoms with Gasteiger partial charge in [0.05, 0.1) is 40.6 Å². The van der Waals surface area contributed by atoms with Gasteiger partial charge in [0.25, 0.3) is 0 Å². The lowest BCUT2D eigenvalue weighted by Gasteiger charge is -2.25. The zero-order chi connectivity index (χ0) is 41.7. The maximum atomic E-state index is 12.2. The molecule has 0 aliphatic rings. The highest BCUT2D eigenvalue weighted by molar-refractivity contribution is 5.98. The molecule has 0 aromatic heterocycles. The Labute approximate surface area is 338 Å². The van der Waals surface area contributed by atoms with Crippen molar-refractivity contribution in [3.8, 4) is 23.0 Å². The quantitative estimate of drug-likeness (QED) is 0.0312. The Morgan fingerprint density at radius 1 is 0.526 bits per heavy atom. The lowest BCUT2D eigenvalue weighted by molar-refractivity contribution is -0.166. The fraction of sp³-hybridized carbons (Fsp3) is 0.556. The molecule has 2 N–H and O–H groups in total. The van der Waals surface area contributed by atoms with Crippen LogP contribution in [0.4, 0.5) is 0 Å². The van der Waals surface area contributed by atoms with Gasteiger partial charge in [-0.05, 0) is 86.1 Å². The number of carboxylic acid groups (broad SMARTS) is 2. The summed E-state index contributed by atoms with van der Waals surface area (Å²) < 4.78 is 33.0. The van der Waals surface area contributed by atoms with Crippen molar-refractivity contribution in [2.24, 2.45) is 5.41 Å². The van der Waals surface area contributed by atoms with Gasteiger partial charge in [0.1, 0.15) is 0 Å². The van der Waals surface area contributed by atoms with Crippen molar-refractivity contribution in [2.75, 3.05) is 40.6 Å². The molecule has 0 aliphatic heterocycles. The van der Waals surface area contributed by atoms with Crippen molar-refractivity contribution in [3.63, 3.8) is 0 Å². The van der Waals surface area contributed by atoms with Gasteiger partial charge in [-0.2, -0.15) is 0 Å². The van der Waals surface area contributed by atoms with Crippen molar-refractivity contribution in [2.45, 2.75) is 117 Å². The Bertz CT molecular complexity index is 1450. The second kappa shape index (κ2) is 28.4. The summed E-state index contributed by atoms with van der Waals surface area (Å²) in [5.41, 5.74) is -0.337. The van der Waals surface area contributed by atoms with E-state index in [9.17, 15) is 29.4 Å². The topological polar surface area (TPSA) is 164 Å². The number of benzene rings is 2. The van der Waals surface area contributed by atoms with E-state index in [1.165, 1.54) is 12.2 Å². The third-order valence-electron chi connectivity index (χ3n) is 9.51. The van der Waals surface area contributed by atoms with E-state index in [2.05, 4.69) is 13.8 Å². The molecule has 0 saturated heterocycles. The molecule has 0 aliphatic carbocycles. The van der Waals surface area contributed by atoms with E-state index < -0.39 is 29.3 Å². The normalized spacial score (nSPS) is 11.4. The third-order valence-corrected chi connectivity index (χ3v) is 9.51. The van der Waals surface area contributed by atoms with E-state index in [0.29, 0.717) is 87.6 Å². The fourth-order valence-corrected chi connectivity index (χ4v) is 6.06. The van der Waals surface area contributed by atoms with Gasteiger partial charge in [-0.1, -0.05) is 90.2 Å². The van der Waals surface area contributed by atoms with E-state index in [4.69, 9.17) is 28.4 Å². The SMILES string of the molecule is CCCCCOc1ccc(C=CC(=O)OCCCCCCC(CCCCCCOC(=O)C=Cc2ccc(OCCCCC)c(OC)c2)(C(=O)O)C(=O)O)cc1OC. The number of carbonyl (C=O) groups excluding carboxylic acids is 2. The standard InChI is InChI=1S/C45H64O12/c1-5-7-15-29-54-37-23-19-35(33-39(37)52-3)21-25-41(46)56-31-17-11-9-13-27-45(43(48)49,44(50)51)28-14-10-12-18-32-57-42(47)26-22-36-20-24-38(40(34-36)53-4)55-30-16-8-6-2/h19-26,33-34H,5-18,27-32H2,1-4H3,(H,48,49)(H,50,51). The maximum Gasteiger partial charge on any atom is 0.330 e. The number of carboxylic acids is 2. The first-order valence-electron chi connectivity index (χ1n) is 20.4. The van der Waals surface area contributed by atoms with Crippen LogP contribution in [-0.4, -0.2) is 74.7 Å². The predicted octanol–water partition coefficient (Wildman–Crippen LogP) is 9.71. The Hall–Kier alpha value is -5.00. The van der Waals surface area contributed by atoms with Gasteiger partial charge >= 0.3 is 23.9 Å². The molecular weight excluding hydrogens is 732 g/mol. The van der Waals surface area contributed by atoms with Gasteiger partial charge in [-0.3, -0.25) is 9.59 Å². The van der Waals surface area contributed by atoms with Crippen molar-refractivity contribution < 1.29 is 57.8 Å². The number of unbranched alkanes of at least 4 members (excludes halogenated alkanes) is 10.